The van der Waals surface area contributed by atoms with E-state index in [-0.39, 0.29) is 16.2 Å². The molecule has 3 rings (SSSR count). The van der Waals surface area contributed by atoms with Crippen molar-refractivity contribution in [1.29, 1.82) is 0 Å². The third-order valence-electron chi connectivity index (χ3n) is 3.47. The number of hydrogen-bond donors (Lipinski definition) is 1. The largest absolute Gasteiger partial charge is 0.416 e. The Hall–Kier alpha value is -2.61. The van der Waals surface area contributed by atoms with Crippen molar-refractivity contribution >= 4 is 26.4 Å². The van der Waals surface area contributed by atoms with Gasteiger partial charge in [-0.3, -0.25) is 0 Å². The molecule has 8 heteroatoms. The van der Waals surface area contributed by atoms with Gasteiger partial charge in [0.1, 0.15) is 0 Å². The predicted molar refractivity (Wildman–Crippen MR) is 83.1 cm³/mol. The number of hydrogen-bond acceptors (Lipinski definition) is 4. The third-order valence-corrected chi connectivity index (χ3v) is 5.13. The first-order chi connectivity index (χ1) is 11.2. The van der Waals surface area contributed by atoms with Crippen molar-refractivity contribution in [3.63, 3.8) is 0 Å². The predicted octanol–water partition coefficient (Wildman–Crippen LogP) is 3.67. The summed E-state index contributed by atoms with van der Waals surface area (Å²) in [6.07, 6.45) is -4.63. The average Bonchev–Trinajstić information content (AvgIpc) is 2.54. The van der Waals surface area contributed by atoms with E-state index in [9.17, 15) is 21.6 Å². The maximum atomic E-state index is 12.8. The summed E-state index contributed by atoms with van der Waals surface area (Å²) in [5, 5.41) is 0.283. The molecule has 0 aliphatic rings. The van der Waals surface area contributed by atoms with Crippen molar-refractivity contribution in [3.8, 4) is 0 Å². The number of rotatable bonds is 2. The molecule has 2 N–H and O–H groups in total. The summed E-state index contributed by atoms with van der Waals surface area (Å²) in [7, 11) is -4.20. The Labute approximate surface area is 135 Å². The Balaban J connectivity index is 2.16. The van der Waals surface area contributed by atoms with Gasteiger partial charge >= 0.3 is 6.18 Å². The van der Waals surface area contributed by atoms with Crippen molar-refractivity contribution in [1.82, 2.24) is 4.98 Å². The first-order valence-corrected chi connectivity index (χ1v) is 8.25. The molecule has 0 unspecified atom stereocenters. The summed E-state index contributed by atoms with van der Waals surface area (Å²) < 4.78 is 63.6. The summed E-state index contributed by atoms with van der Waals surface area (Å²) in [6, 6.07) is 11.3. The van der Waals surface area contributed by atoms with E-state index in [1.54, 1.807) is 18.2 Å². The van der Waals surface area contributed by atoms with Crippen LogP contribution in [-0.4, -0.2) is 13.4 Å². The molecule has 0 fully saturated rings. The van der Waals surface area contributed by atoms with E-state index < -0.39 is 26.5 Å². The SMILES string of the molecule is Nc1cccc2ccc(S(=O)(=O)c3cccc(C(F)(F)F)c3)nc12. The van der Waals surface area contributed by atoms with Crippen molar-refractivity contribution < 1.29 is 21.6 Å². The zero-order valence-corrected chi connectivity index (χ0v) is 12.9. The molecule has 0 bridgehead atoms. The highest BCUT2D eigenvalue weighted by molar-refractivity contribution is 7.91. The minimum absolute atomic E-state index is 0.283. The lowest BCUT2D eigenvalue weighted by atomic mass is 10.2. The summed E-state index contributed by atoms with van der Waals surface area (Å²) >= 11 is 0. The van der Waals surface area contributed by atoms with Gasteiger partial charge in [0.2, 0.25) is 9.84 Å². The number of anilines is 1. The molecule has 0 saturated heterocycles. The second-order valence-electron chi connectivity index (χ2n) is 5.10. The van der Waals surface area contributed by atoms with Gasteiger partial charge in [0.25, 0.3) is 0 Å². The lowest BCUT2D eigenvalue weighted by Crippen LogP contribution is -2.09. The highest BCUT2D eigenvalue weighted by Gasteiger charge is 2.32. The normalized spacial score (nSPS) is 12.5. The van der Waals surface area contributed by atoms with Crippen LogP contribution in [0.1, 0.15) is 5.56 Å². The zero-order chi connectivity index (χ0) is 17.5. The second-order valence-corrected chi connectivity index (χ2v) is 6.99. The van der Waals surface area contributed by atoms with Crippen molar-refractivity contribution in [2.75, 3.05) is 5.73 Å². The van der Waals surface area contributed by atoms with E-state index in [4.69, 9.17) is 5.73 Å². The fraction of sp³-hybridized carbons (Fsp3) is 0.0625. The maximum absolute atomic E-state index is 12.8. The van der Waals surface area contributed by atoms with E-state index in [0.29, 0.717) is 11.5 Å². The van der Waals surface area contributed by atoms with Crippen LogP contribution in [0, 0.1) is 0 Å². The molecule has 124 valence electrons. The molecule has 4 nitrogen and oxygen atoms in total. The van der Waals surface area contributed by atoms with Crippen molar-refractivity contribution in [2.24, 2.45) is 0 Å². The van der Waals surface area contributed by atoms with Crippen LogP contribution in [0.25, 0.3) is 10.9 Å². The highest BCUT2D eigenvalue weighted by atomic mass is 32.2. The number of pyridine rings is 1. The third kappa shape index (κ3) is 2.80. The Morgan fingerprint density at radius 3 is 2.38 bits per heavy atom. The van der Waals surface area contributed by atoms with E-state index in [2.05, 4.69) is 4.98 Å². The van der Waals surface area contributed by atoms with E-state index in [0.717, 1.165) is 18.2 Å². The molecule has 24 heavy (non-hydrogen) atoms. The fourth-order valence-electron chi connectivity index (χ4n) is 2.26. The molecule has 0 radical (unpaired) electrons. The smallest absolute Gasteiger partial charge is 0.397 e. The van der Waals surface area contributed by atoms with E-state index in [1.165, 1.54) is 12.1 Å². The minimum Gasteiger partial charge on any atom is -0.397 e. The Bertz CT molecular complexity index is 1030. The number of nitrogens with zero attached hydrogens (tertiary/aromatic N) is 1. The lowest BCUT2D eigenvalue weighted by molar-refractivity contribution is -0.137. The van der Waals surface area contributed by atoms with Crippen LogP contribution in [0.3, 0.4) is 0 Å². The Kier molecular flexibility index (Phi) is 3.71. The quantitative estimate of drug-likeness (QED) is 0.714. The number of benzene rings is 2. The van der Waals surface area contributed by atoms with E-state index in [1.807, 2.05) is 0 Å². The van der Waals surface area contributed by atoms with Gasteiger partial charge in [0.05, 0.1) is 21.7 Å². The second kappa shape index (κ2) is 5.48. The van der Waals surface area contributed by atoms with Gasteiger partial charge in [-0.05, 0) is 36.4 Å². The molecule has 0 saturated carbocycles. The molecule has 1 aromatic heterocycles. The molecule has 0 atom stereocenters. The van der Waals surface area contributed by atoms with Crippen LogP contribution in [-0.2, 0) is 16.0 Å². The standard InChI is InChI=1S/C16H11F3N2O2S/c17-16(18,19)11-4-2-5-12(9-11)24(22,23)14-8-7-10-3-1-6-13(20)15(10)21-14/h1-9H,20H2. The summed E-state index contributed by atoms with van der Waals surface area (Å²) in [5.74, 6) is 0. The zero-order valence-electron chi connectivity index (χ0n) is 12.1. The number of halogens is 3. The van der Waals surface area contributed by atoms with Crippen LogP contribution in [0.5, 0.6) is 0 Å². The molecule has 0 aliphatic heterocycles. The van der Waals surface area contributed by atoms with Gasteiger partial charge in [0.15, 0.2) is 5.03 Å². The number of nitrogen functional groups attached to an aromatic ring is 1. The molecule has 0 aliphatic carbocycles. The number of sulfone groups is 1. The van der Waals surface area contributed by atoms with Crippen molar-refractivity contribution in [2.45, 2.75) is 16.1 Å². The van der Waals surface area contributed by atoms with Crippen molar-refractivity contribution in [3.05, 3.63) is 60.2 Å². The summed E-state index contributed by atoms with van der Waals surface area (Å²) in [4.78, 5) is 3.55. The fourth-order valence-corrected chi connectivity index (χ4v) is 3.50. The lowest BCUT2D eigenvalue weighted by Gasteiger charge is -2.10. The molecule has 0 spiro atoms. The monoisotopic (exact) mass is 352 g/mol. The van der Waals surface area contributed by atoms with Gasteiger partial charge in [-0.2, -0.15) is 13.2 Å². The van der Waals surface area contributed by atoms with Crippen LogP contribution in [0.4, 0.5) is 18.9 Å². The number of alkyl halides is 3. The molecular formula is C16H11F3N2O2S. The summed E-state index contributed by atoms with van der Waals surface area (Å²) in [5.41, 5.74) is 5.31. The first kappa shape index (κ1) is 16.3. The number of fused-ring (bicyclic) bond motifs is 1. The Morgan fingerprint density at radius 2 is 1.67 bits per heavy atom. The molecule has 1 heterocycles. The summed E-state index contributed by atoms with van der Waals surface area (Å²) in [6.45, 7) is 0. The van der Waals surface area contributed by atoms with Crippen LogP contribution < -0.4 is 5.73 Å². The van der Waals surface area contributed by atoms with Gasteiger partial charge in [-0.1, -0.05) is 18.2 Å². The van der Waals surface area contributed by atoms with Gasteiger partial charge < -0.3 is 5.73 Å². The molecule has 0 amide bonds. The molecular weight excluding hydrogens is 341 g/mol. The van der Waals surface area contributed by atoms with Gasteiger partial charge in [-0.15, -0.1) is 0 Å². The van der Waals surface area contributed by atoms with Crippen LogP contribution in [0.15, 0.2) is 64.5 Å². The Morgan fingerprint density at radius 1 is 0.958 bits per heavy atom. The minimum atomic E-state index is -4.63. The van der Waals surface area contributed by atoms with E-state index >= 15 is 0 Å². The highest BCUT2D eigenvalue weighted by Crippen LogP contribution is 2.32. The molecule has 3 aromatic rings. The first-order valence-electron chi connectivity index (χ1n) is 6.77. The maximum Gasteiger partial charge on any atom is 0.416 e. The average molecular weight is 352 g/mol. The number of para-hydroxylation sites is 1. The van der Waals surface area contributed by atoms with Gasteiger partial charge in [0, 0.05) is 5.39 Å². The van der Waals surface area contributed by atoms with Crippen LogP contribution >= 0.6 is 0 Å². The number of aromatic nitrogens is 1. The van der Waals surface area contributed by atoms with Gasteiger partial charge in [-0.25, -0.2) is 13.4 Å². The number of nitrogens with two attached hydrogens (primary N) is 1. The topological polar surface area (TPSA) is 73.1 Å². The molecule has 2 aromatic carbocycles. The van der Waals surface area contributed by atoms with Crippen LogP contribution in [0.2, 0.25) is 0 Å².